The van der Waals surface area contributed by atoms with E-state index in [0.717, 1.165) is 45.3 Å². The highest BCUT2D eigenvalue weighted by atomic mass is 32.2. The van der Waals surface area contributed by atoms with Crippen LogP contribution in [0.15, 0.2) is 51.0 Å². The second-order valence-electron chi connectivity index (χ2n) is 7.62. The van der Waals surface area contributed by atoms with Crippen molar-refractivity contribution in [1.29, 1.82) is 0 Å². The number of nitrogens with one attached hydrogen (secondary N) is 2. The molecule has 0 bridgehead atoms. The molecule has 162 valence electrons. The van der Waals surface area contributed by atoms with Gasteiger partial charge >= 0.3 is 0 Å². The molecule has 1 amide bonds. The van der Waals surface area contributed by atoms with Crippen LogP contribution >= 0.6 is 23.1 Å². The highest BCUT2D eigenvalue weighted by Gasteiger charge is 2.40. The van der Waals surface area contributed by atoms with E-state index in [-0.39, 0.29) is 5.78 Å². The molecule has 1 aliphatic carbocycles. The summed E-state index contributed by atoms with van der Waals surface area (Å²) in [6, 6.07) is 5.43. The molecule has 0 fully saturated rings. The quantitative estimate of drug-likeness (QED) is 0.578. The highest BCUT2D eigenvalue weighted by molar-refractivity contribution is 8.00. The van der Waals surface area contributed by atoms with E-state index in [1.165, 1.54) is 6.07 Å². The molecule has 1 atom stereocenters. The Morgan fingerprint density at radius 1 is 1.23 bits per heavy atom. The normalized spacial score (nSPS) is 18.7. The summed E-state index contributed by atoms with van der Waals surface area (Å²) in [5.74, 6) is -2.90. The molecule has 2 aromatic rings. The smallest absolute Gasteiger partial charge is 0.254 e. The number of thiophene rings is 1. The number of thioether (sulfide) groups is 1. The Labute approximate surface area is 187 Å². The average molecular weight is 461 g/mol. The number of carbonyl (C=O) groups excluding carboxylic acids is 2. The van der Waals surface area contributed by atoms with Gasteiger partial charge in [0, 0.05) is 39.8 Å². The van der Waals surface area contributed by atoms with E-state index in [2.05, 4.69) is 10.6 Å². The first-order valence-electron chi connectivity index (χ1n) is 9.95. The van der Waals surface area contributed by atoms with E-state index in [9.17, 15) is 18.4 Å². The topological polar surface area (TPSA) is 58.2 Å². The molecule has 1 aromatic carbocycles. The zero-order valence-electron chi connectivity index (χ0n) is 17.4. The van der Waals surface area contributed by atoms with Gasteiger partial charge in [-0.3, -0.25) is 9.59 Å². The van der Waals surface area contributed by atoms with Crippen LogP contribution in [-0.2, 0) is 9.59 Å². The first-order chi connectivity index (χ1) is 14.8. The Morgan fingerprint density at radius 2 is 1.94 bits per heavy atom. The zero-order chi connectivity index (χ0) is 22.3. The van der Waals surface area contributed by atoms with Crippen LogP contribution < -0.4 is 10.6 Å². The van der Waals surface area contributed by atoms with Gasteiger partial charge in [0.05, 0.1) is 4.21 Å². The summed E-state index contributed by atoms with van der Waals surface area (Å²) in [6.07, 6.45) is 3.86. The number of halogens is 2. The first-order valence-corrected chi connectivity index (χ1v) is 12.0. The van der Waals surface area contributed by atoms with Gasteiger partial charge in [0.1, 0.15) is 17.3 Å². The average Bonchev–Trinajstić information content (AvgIpc) is 3.10. The van der Waals surface area contributed by atoms with Crippen LogP contribution in [0, 0.1) is 18.6 Å². The van der Waals surface area contributed by atoms with Crippen LogP contribution in [0.3, 0.4) is 0 Å². The van der Waals surface area contributed by atoms with Crippen molar-refractivity contribution >= 4 is 40.5 Å². The Morgan fingerprint density at radius 3 is 2.61 bits per heavy atom. The highest BCUT2D eigenvalue weighted by Crippen LogP contribution is 2.47. The summed E-state index contributed by atoms with van der Waals surface area (Å²) in [4.78, 5) is 27.4. The minimum absolute atomic E-state index is 0.00419. The molecule has 8 heteroatoms. The van der Waals surface area contributed by atoms with Gasteiger partial charge in [0.2, 0.25) is 0 Å². The molecule has 0 spiro atoms. The Kier molecular flexibility index (Phi) is 6.03. The lowest BCUT2D eigenvalue weighted by Crippen LogP contribution is -2.35. The lowest BCUT2D eigenvalue weighted by atomic mass is 9.75. The summed E-state index contributed by atoms with van der Waals surface area (Å²) in [5, 5.41) is 5.63. The van der Waals surface area contributed by atoms with Crippen molar-refractivity contribution in [2.24, 2.45) is 0 Å². The summed E-state index contributed by atoms with van der Waals surface area (Å²) in [5.41, 5.74) is 2.71. The van der Waals surface area contributed by atoms with Crippen LogP contribution in [0.4, 0.5) is 14.5 Å². The standard InChI is InChI=1S/C23H22F2N2O2S2/c1-11-10-13(23(30-3)31-11)19-18(12(2)26-16-8-5-9-17(28)20(16)19)22(29)27-21-14(24)6-4-7-15(21)25/h4,6-7,10,19,26H,5,8-9H2,1-3H3,(H,27,29). The Bertz CT molecular complexity index is 1130. The van der Waals surface area contributed by atoms with E-state index in [1.54, 1.807) is 30.0 Å². The monoisotopic (exact) mass is 460 g/mol. The molecule has 2 heterocycles. The van der Waals surface area contributed by atoms with Crippen molar-refractivity contribution in [3.8, 4) is 0 Å². The minimum atomic E-state index is -0.850. The van der Waals surface area contributed by atoms with Crippen molar-refractivity contribution in [3.05, 3.63) is 68.9 Å². The molecule has 1 unspecified atom stereocenters. The van der Waals surface area contributed by atoms with Gasteiger partial charge in [0.25, 0.3) is 5.91 Å². The molecular weight excluding hydrogens is 438 g/mol. The predicted molar refractivity (Wildman–Crippen MR) is 120 cm³/mol. The van der Waals surface area contributed by atoms with Gasteiger partial charge in [-0.15, -0.1) is 23.1 Å². The largest absolute Gasteiger partial charge is 0.362 e. The molecular formula is C23H22F2N2O2S2. The molecule has 2 N–H and O–H groups in total. The fraction of sp³-hybridized carbons (Fsp3) is 0.304. The minimum Gasteiger partial charge on any atom is -0.362 e. The van der Waals surface area contributed by atoms with Crippen LogP contribution in [0.1, 0.15) is 42.5 Å². The Hall–Kier alpha value is -2.45. The molecule has 4 nitrogen and oxygen atoms in total. The molecule has 2 aliphatic rings. The second kappa shape index (κ2) is 8.59. The van der Waals surface area contributed by atoms with Gasteiger partial charge < -0.3 is 10.6 Å². The molecule has 0 saturated carbocycles. The van der Waals surface area contributed by atoms with Crippen molar-refractivity contribution in [2.75, 3.05) is 11.6 Å². The lowest BCUT2D eigenvalue weighted by molar-refractivity contribution is -0.116. The number of amides is 1. The van der Waals surface area contributed by atoms with Gasteiger partial charge in [-0.1, -0.05) is 6.07 Å². The van der Waals surface area contributed by atoms with Crippen LogP contribution in [0.5, 0.6) is 0 Å². The maximum atomic E-state index is 14.2. The van der Waals surface area contributed by atoms with E-state index < -0.39 is 29.1 Å². The predicted octanol–water partition coefficient (Wildman–Crippen LogP) is 5.66. The molecule has 31 heavy (non-hydrogen) atoms. The number of benzene rings is 1. The fourth-order valence-corrected chi connectivity index (χ4v) is 6.18. The van der Waals surface area contributed by atoms with E-state index in [0.29, 0.717) is 23.3 Å². The van der Waals surface area contributed by atoms with Gasteiger partial charge in [-0.2, -0.15) is 0 Å². The molecule has 0 radical (unpaired) electrons. The number of aryl methyl sites for hydroxylation is 1. The Balaban J connectivity index is 1.84. The van der Waals surface area contributed by atoms with Crippen molar-refractivity contribution in [2.45, 2.75) is 43.2 Å². The number of ketones is 1. The van der Waals surface area contributed by atoms with Gasteiger partial charge in [-0.25, -0.2) is 8.78 Å². The molecule has 0 saturated heterocycles. The third-order valence-electron chi connectivity index (χ3n) is 5.57. The fourth-order valence-electron chi connectivity index (χ4n) is 4.27. The second-order valence-corrected chi connectivity index (χ2v) is 9.95. The molecule has 1 aromatic heterocycles. The third-order valence-corrected chi connectivity index (χ3v) is 7.78. The van der Waals surface area contributed by atoms with Gasteiger partial charge in [-0.05, 0) is 56.7 Å². The van der Waals surface area contributed by atoms with Crippen LogP contribution in [0.2, 0.25) is 0 Å². The number of rotatable bonds is 4. The number of dihydropyridines is 1. The number of Topliss-reactive ketones (excluding diaryl/α,β-unsaturated/α-hetero) is 1. The van der Waals surface area contributed by atoms with Crippen LogP contribution in [0.25, 0.3) is 0 Å². The maximum absolute atomic E-state index is 14.2. The SMILES string of the molecule is CSc1sc(C)cc1C1C(C(=O)Nc2c(F)cccc2F)=C(C)NC2=C1C(=O)CCC2. The summed E-state index contributed by atoms with van der Waals surface area (Å²) in [6.45, 7) is 3.75. The van der Waals surface area contributed by atoms with Gasteiger partial charge in [0.15, 0.2) is 5.78 Å². The summed E-state index contributed by atoms with van der Waals surface area (Å²) in [7, 11) is 0. The van der Waals surface area contributed by atoms with Crippen LogP contribution in [-0.4, -0.2) is 17.9 Å². The lowest BCUT2D eigenvalue weighted by Gasteiger charge is -2.34. The zero-order valence-corrected chi connectivity index (χ0v) is 19.0. The number of allylic oxidation sites excluding steroid dienone is 3. The van der Waals surface area contributed by atoms with E-state index in [1.807, 2.05) is 19.2 Å². The molecule has 1 aliphatic heterocycles. The van der Waals surface area contributed by atoms with Crippen molar-refractivity contribution in [3.63, 3.8) is 0 Å². The van der Waals surface area contributed by atoms with E-state index >= 15 is 0 Å². The summed E-state index contributed by atoms with van der Waals surface area (Å²) >= 11 is 3.17. The number of para-hydroxylation sites is 1. The first kappa shape index (κ1) is 21.8. The number of anilines is 1. The third kappa shape index (κ3) is 3.94. The summed E-state index contributed by atoms with van der Waals surface area (Å²) < 4.78 is 29.4. The number of hydrogen-bond donors (Lipinski definition) is 2. The van der Waals surface area contributed by atoms with E-state index in [4.69, 9.17) is 0 Å². The number of hydrogen-bond acceptors (Lipinski definition) is 5. The van der Waals surface area contributed by atoms with Crippen molar-refractivity contribution in [1.82, 2.24) is 5.32 Å². The maximum Gasteiger partial charge on any atom is 0.254 e. The van der Waals surface area contributed by atoms with Crippen molar-refractivity contribution < 1.29 is 18.4 Å². The number of carbonyl (C=O) groups is 2. The molecule has 4 rings (SSSR count).